The summed E-state index contributed by atoms with van der Waals surface area (Å²) in [6, 6.07) is 15.3. The Bertz CT molecular complexity index is 992. The van der Waals surface area contributed by atoms with Gasteiger partial charge in [0.15, 0.2) is 5.82 Å². The molecule has 0 aliphatic carbocycles. The molecular weight excluding hydrogens is 388 g/mol. The van der Waals surface area contributed by atoms with E-state index in [0.717, 1.165) is 32.0 Å². The van der Waals surface area contributed by atoms with Gasteiger partial charge in [-0.25, -0.2) is 4.68 Å². The highest BCUT2D eigenvalue weighted by Gasteiger charge is 2.31. The lowest BCUT2D eigenvalue weighted by atomic mass is 10.0. The van der Waals surface area contributed by atoms with Crippen LogP contribution in [0.3, 0.4) is 0 Å². The van der Waals surface area contributed by atoms with Crippen LogP contribution in [-0.4, -0.2) is 65.0 Å². The van der Waals surface area contributed by atoms with Gasteiger partial charge in [0.1, 0.15) is 0 Å². The van der Waals surface area contributed by atoms with Gasteiger partial charge in [-0.05, 0) is 54.0 Å². The first-order valence-electron chi connectivity index (χ1n) is 10.9. The van der Waals surface area contributed by atoms with Gasteiger partial charge in [-0.3, -0.25) is 4.90 Å². The van der Waals surface area contributed by atoms with Crippen LogP contribution < -0.4 is 4.90 Å². The first-order valence-corrected chi connectivity index (χ1v) is 10.9. The Morgan fingerprint density at radius 3 is 2.42 bits per heavy atom. The van der Waals surface area contributed by atoms with Gasteiger partial charge >= 0.3 is 0 Å². The van der Waals surface area contributed by atoms with Crippen molar-refractivity contribution in [3.8, 4) is 0 Å². The predicted molar refractivity (Wildman–Crippen MR) is 122 cm³/mol. The minimum absolute atomic E-state index is 0.0215. The third kappa shape index (κ3) is 4.62. The molecule has 0 saturated carbocycles. The van der Waals surface area contributed by atoms with Crippen molar-refractivity contribution in [2.75, 3.05) is 44.8 Å². The molecule has 7 nitrogen and oxygen atoms in total. The van der Waals surface area contributed by atoms with E-state index in [2.05, 4.69) is 88.6 Å². The predicted octanol–water partition coefficient (Wildman–Crippen LogP) is 3.16. The lowest BCUT2D eigenvalue weighted by molar-refractivity contribution is 0.171. The summed E-state index contributed by atoms with van der Waals surface area (Å²) < 4.78 is 7.14. The molecule has 3 aromatic rings. The molecule has 164 valence electrons. The Balaban J connectivity index is 1.59. The van der Waals surface area contributed by atoms with Crippen LogP contribution >= 0.6 is 0 Å². The SMILES string of the molecule is COCCn1nnnc1[C@@H](c1ccc(C)cc1)N1CCN(c2cccc(C)c2C)CC1. The molecule has 0 unspecified atom stereocenters. The highest BCUT2D eigenvalue weighted by molar-refractivity contribution is 5.56. The fourth-order valence-electron chi connectivity index (χ4n) is 4.32. The number of hydrogen-bond donors (Lipinski definition) is 0. The van der Waals surface area contributed by atoms with E-state index in [1.54, 1.807) is 7.11 Å². The molecule has 1 saturated heterocycles. The maximum absolute atomic E-state index is 5.26. The fourth-order valence-corrected chi connectivity index (χ4v) is 4.32. The van der Waals surface area contributed by atoms with E-state index in [0.29, 0.717) is 13.2 Å². The van der Waals surface area contributed by atoms with E-state index in [9.17, 15) is 0 Å². The second-order valence-corrected chi connectivity index (χ2v) is 8.31. The molecule has 2 heterocycles. The second-order valence-electron chi connectivity index (χ2n) is 8.31. The highest BCUT2D eigenvalue weighted by Crippen LogP contribution is 2.30. The van der Waals surface area contributed by atoms with E-state index in [1.807, 2.05) is 4.68 Å². The molecule has 1 aliphatic heterocycles. The molecule has 1 fully saturated rings. The molecular formula is C24H32N6O. The zero-order valence-electron chi connectivity index (χ0n) is 19.0. The zero-order chi connectivity index (χ0) is 21.8. The van der Waals surface area contributed by atoms with Gasteiger partial charge in [0.2, 0.25) is 0 Å². The van der Waals surface area contributed by atoms with Crippen molar-refractivity contribution in [2.45, 2.75) is 33.4 Å². The lowest BCUT2D eigenvalue weighted by Gasteiger charge is -2.40. The summed E-state index contributed by atoms with van der Waals surface area (Å²) >= 11 is 0. The van der Waals surface area contributed by atoms with E-state index in [-0.39, 0.29) is 6.04 Å². The van der Waals surface area contributed by atoms with Crippen LogP contribution in [0.4, 0.5) is 5.69 Å². The maximum atomic E-state index is 5.26. The van der Waals surface area contributed by atoms with Gasteiger partial charge in [0.25, 0.3) is 0 Å². The average Bonchev–Trinajstić information content (AvgIpc) is 3.24. The number of aromatic nitrogens is 4. The number of hydrogen-bond acceptors (Lipinski definition) is 6. The maximum Gasteiger partial charge on any atom is 0.173 e. The van der Waals surface area contributed by atoms with Crippen LogP contribution in [0.25, 0.3) is 0 Å². The molecule has 1 atom stereocenters. The summed E-state index contributed by atoms with van der Waals surface area (Å²) in [6.45, 7) is 11.6. The molecule has 31 heavy (non-hydrogen) atoms. The summed E-state index contributed by atoms with van der Waals surface area (Å²) in [6.07, 6.45) is 0. The first-order chi connectivity index (χ1) is 15.1. The van der Waals surface area contributed by atoms with Crippen molar-refractivity contribution in [3.63, 3.8) is 0 Å². The van der Waals surface area contributed by atoms with Crippen molar-refractivity contribution < 1.29 is 4.74 Å². The van der Waals surface area contributed by atoms with Crippen molar-refractivity contribution >= 4 is 5.69 Å². The van der Waals surface area contributed by atoms with E-state index in [1.165, 1.54) is 27.9 Å². The molecule has 2 aromatic carbocycles. The van der Waals surface area contributed by atoms with Crippen LogP contribution in [0, 0.1) is 20.8 Å². The van der Waals surface area contributed by atoms with Crippen molar-refractivity contribution in [2.24, 2.45) is 0 Å². The summed E-state index contributed by atoms with van der Waals surface area (Å²) in [7, 11) is 1.70. The molecule has 0 spiro atoms. The lowest BCUT2D eigenvalue weighted by Crippen LogP contribution is -2.48. The van der Waals surface area contributed by atoms with Gasteiger partial charge in [-0.15, -0.1) is 5.10 Å². The highest BCUT2D eigenvalue weighted by atomic mass is 16.5. The van der Waals surface area contributed by atoms with Crippen molar-refractivity contribution in [1.29, 1.82) is 0 Å². The fraction of sp³-hybridized carbons (Fsp3) is 0.458. The number of aryl methyl sites for hydroxylation is 2. The van der Waals surface area contributed by atoms with Gasteiger partial charge in [0.05, 0.1) is 19.2 Å². The standard InChI is InChI=1S/C24H32N6O/c1-18-8-10-21(11-9-18)23(24-25-26-27-30(24)16-17-31-4)29-14-12-28(13-15-29)22-7-5-6-19(2)20(22)3/h5-11,23H,12-17H2,1-4H3/t23-/m1/s1. The summed E-state index contributed by atoms with van der Waals surface area (Å²) in [5.41, 5.74) is 6.53. The Morgan fingerprint density at radius 2 is 1.71 bits per heavy atom. The Kier molecular flexibility index (Phi) is 6.63. The Morgan fingerprint density at radius 1 is 0.968 bits per heavy atom. The molecule has 0 bridgehead atoms. The van der Waals surface area contributed by atoms with Crippen LogP contribution in [0.5, 0.6) is 0 Å². The first kappa shape index (κ1) is 21.5. The van der Waals surface area contributed by atoms with E-state index in [4.69, 9.17) is 4.74 Å². The monoisotopic (exact) mass is 420 g/mol. The van der Waals surface area contributed by atoms with Crippen LogP contribution in [0.15, 0.2) is 42.5 Å². The Labute approximate surface area is 184 Å². The average molecular weight is 421 g/mol. The van der Waals surface area contributed by atoms with Gasteiger partial charge in [-0.1, -0.05) is 42.0 Å². The molecule has 1 aromatic heterocycles. The second kappa shape index (κ2) is 9.58. The quantitative estimate of drug-likeness (QED) is 0.585. The largest absolute Gasteiger partial charge is 0.383 e. The number of tetrazole rings is 1. The van der Waals surface area contributed by atoms with Gasteiger partial charge in [0, 0.05) is 39.0 Å². The number of rotatable bonds is 7. The number of piperazine rings is 1. The van der Waals surface area contributed by atoms with Crippen molar-refractivity contribution in [1.82, 2.24) is 25.1 Å². The minimum Gasteiger partial charge on any atom is -0.383 e. The molecule has 7 heteroatoms. The van der Waals surface area contributed by atoms with E-state index < -0.39 is 0 Å². The number of benzene rings is 2. The molecule has 0 amide bonds. The molecule has 0 radical (unpaired) electrons. The number of anilines is 1. The number of nitrogens with zero attached hydrogens (tertiary/aromatic N) is 6. The number of ether oxygens (including phenoxy) is 1. The zero-order valence-corrected chi connectivity index (χ0v) is 19.0. The summed E-state index contributed by atoms with van der Waals surface area (Å²) in [5, 5.41) is 12.7. The van der Waals surface area contributed by atoms with Crippen LogP contribution in [0.2, 0.25) is 0 Å². The third-order valence-electron chi connectivity index (χ3n) is 6.30. The van der Waals surface area contributed by atoms with Gasteiger partial charge < -0.3 is 9.64 Å². The van der Waals surface area contributed by atoms with E-state index >= 15 is 0 Å². The summed E-state index contributed by atoms with van der Waals surface area (Å²) in [5.74, 6) is 0.876. The van der Waals surface area contributed by atoms with Crippen LogP contribution in [-0.2, 0) is 11.3 Å². The smallest absolute Gasteiger partial charge is 0.173 e. The molecule has 4 rings (SSSR count). The van der Waals surface area contributed by atoms with Crippen molar-refractivity contribution in [3.05, 3.63) is 70.5 Å². The van der Waals surface area contributed by atoms with Crippen LogP contribution in [0.1, 0.15) is 34.1 Å². The third-order valence-corrected chi connectivity index (χ3v) is 6.30. The summed E-state index contributed by atoms with van der Waals surface area (Å²) in [4.78, 5) is 5.00. The van der Waals surface area contributed by atoms with Gasteiger partial charge in [-0.2, -0.15) is 0 Å². The normalized spacial score (nSPS) is 15.9. The number of methoxy groups -OCH3 is 1. The molecule has 1 aliphatic rings. The topological polar surface area (TPSA) is 59.3 Å². The minimum atomic E-state index is 0.0215. The molecule has 0 N–H and O–H groups in total. The Hall–Kier alpha value is -2.77.